The van der Waals surface area contributed by atoms with E-state index < -0.39 is 17.9 Å². The summed E-state index contributed by atoms with van der Waals surface area (Å²) in [5.41, 5.74) is 6.12. The number of anilines is 1. The van der Waals surface area contributed by atoms with Crippen molar-refractivity contribution in [2.75, 3.05) is 19.0 Å². The first kappa shape index (κ1) is 25.7. The summed E-state index contributed by atoms with van der Waals surface area (Å²) in [5, 5.41) is 23.0. The second-order valence-corrected chi connectivity index (χ2v) is 10.8. The molecule has 0 spiro atoms. The van der Waals surface area contributed by atoms with Crippen LogP contribution in [0.25, 0.3) is 5.00 Å². The number of aromatic nitrogens is 3. The molecule has 2 aromatic carbocycles. The number of rotatable bonds is 8. The highest BCUT2D eigenvalue weighted by atomic mass is 32.1. The number of carboxylic acids is 1. The summed E-state index contributed by atoms with van der Waals surface area (Å²) in [7, 11) is 1.67. The number of aliphatic carboxylic acids is 1. The highest BCUT2D eigenvalue weighted by Gasteiger charge is 2.36. The number of hydrogen-bond acceptors (Lipinski definition) is 7. The predicted molar refractivity (Wildman–Crippen MR) is 150 cm³/mol. The SMILES string of the molecule is COc1ccc(CCNc2ccc(C3=N[C@@H](C(C)C(=O)O)c4nnc(C)n4-c4sc(C)c(C)c43)cc2)cc1. The van der Waals surface area contributed by atoms with E-state index in [0.717, 1.165) is 57.6 Å². The van der Waals surface area contributed by atoms with E-state index >= 15 is 0 Å². The number of methoxy groups -OCH3 is 1. The number of thiophene rings is 1. The van der Waals surface area contributed by atoms with Crippen molar-refractivity contribution in [3.63, 3.8) is 0 Å². The second kappa shape index (κ2) is 10.4. The van der Waals surface area contributed by atoms with Gasteiger partial charge in [-0.05, 0) is 69.5 Å². The van der Waals surface area contributed by atoms with Gasteiger partial charge < -0.3 is 15.2 Å². The number of carbonyl (C=O) groups is 1. The van der Waals surface area contributed by atoms with Gasteiger partial charge in [0.1, 0.15) is 22.6 Å². The Kier molecular flexibility index (Phi) is 7.03. The Morgan fingerprint density at radius 2 is 1.82 bits per heavy atom. The summed E-state index contributed by atoms with van der Waals surface area (Å²) in [5.74, 6) is 0.457. The molecule has 0 fully saturated rings. The lowest BCUT2D eigenvalue weighted by Crippen LogP contribution is -2.21. The van der Waals surface area contributed by atoms with Crippen LogP contribution in [0.4, 0.5) is 5.69 Å². The molecule has 0 aliphatic carbocycles. The fourth-order valence-corrected chi connectivity index (χ4v) is 5.92. The van der Waals surface area contributed by atoms with Crippen molar-refractivity contribution < 1.29 is 14.6 Å². The van der Waals surface area contributed by atoms with Gasteiger partial charge in [-0.1, -0.05) is 24.3 Å². The molecular weight excluding hydrogens is 498 g/mol. The Morgan fingerprint density at radius 3 is 2.47 bits per heavy atom. The molecule has 4 aromatic rings. The number of aliphatic imine (C=N–C) groups is 1. The van der Waals surface area contributed by atoms with Gasteiger partial charge in [0.25, 0.3) is 0 Å². The Morgan fingerprint density at radius 1 is 1.11 bits per heavy atom. The standard InChI is InChI=1S/C29H31N5O3S/c1-16-18(3)38-28-24(16)26(31-25(17(2)29(35)36)27-33-32-19(4)34(27)28)21-8-10-22(11-9-21)30-15-14-20-6-12-23(37-5)13-7-20/h6-13,17,25,30H,14-15H2,1-5H3,(H,35,36)/t17?,25-/m0/s1. The molecular formula is C29H31N5O3S. The molecule has 5 rings (SSSR count). The quantitative estimate of drug-likeness (QED) is 0.311. The molecule has 1 unspecified atom stereocenters. The van der Waals surface area contributed by atoms with Gasteiger partial charge in [-0.15, -0.1) is 21.5 Å². The summed E-state index contributed by atoms with van der Waals surface area (Å²) in [6, 6.07) is 15.6. The zero-order chi connectivity index (χ0) is 27.0. The van der Waals surface area contributed by atoms with E-state index in [-0.39, 0.29) is 0 Å². The minimum absolute atomic E-state index is 0.562. The topological polar surface area (TPSA) is 102 Å². The van der Waals surface area contributed by atoms with Gasteiger partial charge in [0.2, 0.25) is 0 Å². The number of ether oxygens (including phenoxy) is 1. The molecule has 1 aliphatic heterocycles. The first-order valence-corrected chi connectivity index (χ1v) is 13.4. The minimum atomic E-state index is -0.917. The molecule has 0 amide bonds. The van der Waals surface area contributed by atoms with Crippen molar-refractivity contribution in [1.29, 1.82) is 0 Å². The highest BCUT2D eigenvalue weighted by molar-refractivity contribution is 7.15. The third-order valence-corrected chi connectivity index (χ3v) is 8.30. The fourth-order valence-electron chi connectivity index (χ4n) is 4.71. The van der Waals surface area contributed by atoms with Crippen LogP contribution in [-0.2, 0) is 11.2 Å². The molecule has 196 valence electrons. The molecule has 1 aliphatic rings. The van der Waals surface area contributed by atoms with Crippen molar-refractivity contribution >= 4 is 28.7 Å². The van der Waals surface area contributed by atoms with E-state index in [1.54, 1.807) is 25.4 Å². The van der Waals surface area contributed by atoms with Gasteiger partial charge in [0, 0.05) is 28.2 Å². The van der Waals surface area contributed by atoms with Crippen molar-refractivity contribution in [2.45, 2.75) is 40.2 Å². The smallest absolute Gasteiger partial charge is 0.308 e. The van der Waals surface area contributed by atoms with Gasteiger partial charge >= 0.3 is 5.97 Å². The van der Waals surface area contributed by atoms with Crippen LogP contribution in [0.1, 0.15) is 51.7 Å². The number of benzene rings is 2. The van der Waals surface area contributed by atoms with Crippen molar-refractivity contribution in [3.8, 4) is 10.8 Å². The first-order valence-electron chi connectivity index (χ1n) is 12.6. The van der Waals surface area contributed by atoms with E-state index in [0.29, 0.717) is 5.82 Å². The largest absolute Gasteiger partial charge is 0.497 e. The van der Waals surface area contributed by atoms with Crippen molar-refractivity contribution in [3.05, 3.63) is 87.3 Å². The first-order chi connectivity index (χ1) is 18.3. The third-order valence-electron chi connectivity index (χ3n) is 7.11. The molecule has 3 heterocycles. The second-order valence-electron chi connectivity index (χ2n) is 9.56. The Balaban J connectivity index is 1.46. The molecule has 0 saturated carbocycles. The minimum Gasteiger partial charge on any atom is -0.497 e. The Hall–Kier alpha value is -3.98. The molecule has 0 saturated heterocycles. The molecule has 0 radical (unpaired) electrons. The molecule has 2 atom stereocenters. The molecule has 2 aromatic heterocycles. The summed E-state index contributed by atoms with van der Waals surface area (Å²) >= 11 is 1.66. The number of nitrogens with zero attached hydrogens (tertiary/aromatic N) is 4. The van der Waals surface area contributed by atoms with E-state index in [1.165, 1.54) is 10.4 Å². The van der Waals surface area contributed by atoms with Crippen LogP contribution >= 0.6 is 11.3 Å². The summed E-state index contributed by atoms with van der Waals surface area (Å²) in [6.45, 7) is 8.56. The normalized spacial score (nSPS) is 15.2. The molecule has 38 heavy (non-hydrogen) atoms. The molecule has 9 heteroatoms. The zero-order valence-corrected chi connectivity index (χ0v) is 23.0. The summed E-state index contributed by atoms with van der Waals surface area (Å²) < 4.78 is 7.21. The lowest BCUT2D eigenvalue weighted by atomic mass is 9.98. The van der Waals surface area contributed by atoms with Crippen LogP contribution in [-0.4, -0.2) is 45.2 Å². The Labute approximate surface area is 226 Å². The third kappa shape index (κ3) is 4.69. The lowest BCUT2D eigenvalue weighted by molar-refractivity contribution is -0.141. The maximum atomic E-state index is 12.0. The number of hydrogen-bond donors (Lipinski definition) is 2. The average Bonchev–Trinajstić information content (AvgIpc) is 3.39. The van der Waals surface area contributed by atoms with Gasteiger partial charge in [0.15, 0.2) is 5.82 Å². The van der Waals surface area contributed by atoms with Crippen LogP contribution in [0, 0.1) is 26.7 Å². The zero-order valence-electron chi connectivity index (χ0n) is 22.1. The Bertz CT molecular complexity index is 1500. The van der Waals surface area contributed by atoms with E-state index in [4.69, 9.17) is 9.73 Å². The van der Waals surface area contributed by atoms with Crippen molar-refractivity contribution in [2.24, 2.45) is 10.9 Å². The fraction of sp³-hybridized carbons (Fsp3) is 0.310. The highest BCUT2D eigenvalue weighted by Crippen LogP contribution is 2.40. The van der Waals surface area contributed by atoms with E-state index in [2.05, 4.69) is 41.5 Å². The van der Waals surface area contributed by atoms with Gasteiger partial charge in [-0.3, -0.25) is 14.4 Å². The maximum Gasteiger partial charge on any atom is 0.308 e. The average molecular weight is 530 g/mol. The maximum absolute atomic E-state index is 12.0. The summed E-state index contributed by atoms with van der Waals surface area (Å²) in [6.07, 6.45) is 0.892. The lowest BCUT2D eigenvalue weighted by Gasteiger charge is -2.16. The van der Waals surface area contributed by atoms with Gasteiger partial charge in [-0.25, -0.2) is 0 Å². The monoisotopic (exact) mass is 529 g/mol. The molecule has 2 N–H and O–H groups in total. The van der Waals surface area contributed by atoms with Crippen molar-refractivity contribution in [1.82, 2.24) is 14.8 Å². The van der Waals surface area contributed by atoms with Crippen LogP contribution in [0.2, 0.25) is 0 Å². The number of aryl methyl sites for hydroxylation is 2. The van der Waals surface area contributed by atoms with Gasteiger partial charge in [0.05, 0.1) is 18.7 Å². The van der Waals surface area contributed by atoms with E-state index in [1.807, 2.05) is 47.9 Å². The predicted octanol–water partition coefficient (Wildman–Crippen LogP) is 5.53. The number of fused-ring (bicyclic) bond motifs is 3. The van der Waals surface area contributed by atoms with Crippen LogP contribution < -0.4 is 10.1 Å². The molecule has 0 bridgehead atoms. The number of nitrogens with one attached hydrogen (secondary N) is 1. The van der Waals surface area contributed by atoms with Gasteiger partial charge in [-0.2, -0.15) is 0 Å². The van der Waals surface area contributed by atoms with Crippen LogP contribution in [0.3, 0.4) is 0 Å². The summed E-state index contributed by atoms with van der Waals surface area (Å²) in [4.78, 5) is 18.3. The van der Waals surface area contributed by atoms with Crippen LogP contribution in [0.15, 0.2) is 53.5 Å². The number of carboxylic acid groups (broad SMARTS) is 1. The van der Waals surface area contributed by atoms with E-state index in [9.17, 15) is 9.90 Å². The molecule has 8 nitrogen and oxygen atoms in total. The van der Waals surface area contributed by atoms with Crippen LogP contribution in [0.5, 0.6) is 5.75 Å².